The summed E-state index contributed by atoms with van der Waals surface area (Å²) < 4.78 is 7.36. The molecule has 2 aromatic rings. The Morgan fingerprint density at radius 1 is 1.42 bits per heavy atom. The van der Waals surface area contributed by atoms with Crippen molar-refractivity contribution in [1.29, 1.82) is 0 Å². The molecule has 0 saturated carbocycles. The van der Waals surface area contributed by atoms with Crippen molar-refractivity contribution in [2.75, 3.05) is 12.8 Å². The fourth-order valence-electron chi connectivity index (χ4n) is 1.75. The van der Waals surface area contributed by atoms with Gasteiger partial charge in [-0.1, -0.05) is 0 Å². The molecular formula is C13H14IN3O2. The Hall–Kier alpha value is -1.57. The van der Waals surface area contributed by atoms with Gasteiger partial charge in [0, 0.05) is 11.8 Å². The average Bonchev–Trinajstić information content (AvgIpc) is 2.39. The largest absolute Gasteiger partial charge is 0.497 e. The third-order valence-electron chi connectivity index (χ3n) is 2.73. The van der Waals surface area contributed by atoms with E-state index in [0.717, 1.165) is 11.3 Å². The van der Waals surface area contributed by atoms with Crippen LogP contribution in [-0.2, 0) is 6.54 Å². The van der Waals surface area contributed by atoms with Crippen LogP contribution in [0.1, 0.15) is 11.3 Å². The summed E-state index contributed by atoms with van der Waals surface area (Å²) in [5.74, 6) is 0.679. The molecule has 0 fully saturated rings. The van der Waals surface area contributed by atoms with E-state index < -0.39 is 0 Å². The highest BCUT2D eigenvalue weighted by atomic mass is 127. The Kier molecular flexibility index (Phi) is 4.08. The first kappa shape index (κ1) is 13.9. The zero-order valence-corrected chi connectivity index (χ0v) is 12.8. The van der Waals surface area contributed by atoms with Gasteiger partial charge in [-0.15, -0.1) is 0 Å². The molecule has 0 unspecified atom stereocenters. The van der Waals surface area contributed by atoms with E-state index in [4.69, 9.17) is 10.5 Å². The first-order valence-electron chi connectivity index (χ1n) is 5.66. The molecule has 0 aliphatic carbocycles. The second-order valence-electron chi connectivity index (χ2n) is 4.19. The number of benzene rings is 1. The van der Waals surface area contributed by atoms with Gasteiger partial charge in [0.1, 0.15) is 5.75 Å². The van der Waals surface area contributed by atoms with Crippen molar-refractivity contribution in [3.05, 3.63) is 49.7 Å². The van der Waals surface area contributed by atoms with Crippen molar-refractivity contribution in [2.24, 2.45) is 0 Å². The van der Waals surface area contributed by atoms with Gasteiger partial charge in [-0.05, 0) is 47.2 Å². The number of hydrogen-bond acceptors (Lipinski definition) is 4. The number of methoxy groups -OCH3 is 1. The molecule has 0 atom stereocenters. The van der Waals surface area contributed by atoms with E-state index in [1.165, 1.54) is 0 Å². The maximum Gasteiger partial charge on any atom is 0.267 e. The summed E-state index contributed by atoms with van der Waals surface area (Å²) in [6.45, 7) is 2.24. The summed E-state index contributed by atoms with van der Waals surface area (Å²) in [6.07, 6.45) is 1.55. The van der Waals surface area contributed by atoms with Gasteiger partial charge in [0.2, 0.25) is 0 Å². The Morgan fingerprint density at radius 3 is 2.84 bits per heavy atom. The summed E-state index contributed by atoms with van der Waals surface area (Å²) in [7, 11) is 1.58. The molecule has 6 heteroatoms. The summed E-state index contributed by atoms with van der Waals surface area (Å²) in [5.41, 5.74) is 8.00. The smallest absolute Gasteiger partial charge is 0.267 e. The summed E-state index contributed by atoms with van der Waals surface area (Å²) in [5, 5.41) is 0. The minimum absolute atomic E-state index is 0.0468. The van der Waals surface area contributed by atoms with Crippen LogP contribution in [-0.4, -0.2) is 16.7 Å². The van der Waals surface area contributed by atoms with Gasteiger partial charge in [0.25, 0.3) is 5.56 Å². The van der Waals surface area contributed by atoms with E-state index in [0.29, 0.717) is 21.6 Å². The molecular weight excluding hydrogens is 357 g/mol. The second-order valence-corrected chi connectivity index (χ2v) is 5.27. The van der Waals surface area contributed by atoms with Gasteiger partial charge in [0.05, 0.1) is 29.2 Å². The third kappa shape index (κ3) is 3.06. The number of nitrogen functional groups attached to an aromatic ring is 1. The molecule has 100 valence electrons. The topological polar surface area (TPSA) is 70.1 Å². The summed E-state index contributed by atoms with van der Waals surface area (Å²) >= 11 is 2.01. The minimum Gasteiger partial charge on any atom is -0.497 e. The predicted octanol–water partition coefficient (Wildman–Crippen LogP) is 1.80. The van der Waals surface area contributed by atoms with E-state index in [1.807, 2.05) is 41.6 Å². The molecule has 0 saturated heterocycles. The van der Waals surface area contributed by atoms with E-state index in [1.54, 1.807) is 24.1 Å². The van der Waals surface area contributed by atoms with Crippen LogP contribution in [0.15, 0.2) is 29.3 Å². The molecule has 1 heterocycles. The van der Waals surface area contributed by atoms with Crippen LogP contribution >= 0.6 is 22.6 Å². The molecule has 19 heavy (non-hydrogen) atoms. The molecule has 0 spiro atoms. The predicted molar refractivity (Wildman–Crippen MR) is 82.5 cm³/mol. The normalized spacial score (nSPS) is 10.5. The van der Waals surface area contributed by atoms with Gasteiger partial charge >= 0.3 is 0 Å². The number of nitrogens with zero attached hydrogens (tertiary/aromatic N) is 2. The molecule has 0 aliphatic rings. The fourth-order valence-corrected chi connectivity index (χ4v) is 2.20. The molecule has 5 nitrogen and oxygen atoms in total. The number of aromatic nitrogens is 2. The average molecular weight is 371 g/mol. The minimum atomic E-state index is -0.0468. The van der Waals surface area contributed by atoms with Crippen molar-refractivity contribution in [3.8, 4) is 5.75 Å². The van der Waals surface area contributed by atoms with Crippen molar-refractivity contribution >= 4 is 28.3 Å². The van der Waals surface area contributed by atoms with Crippen LogP contribution in [0.2, 0.25) is 0 Å². The van der Waals surface area contributed by atoms with Crippen molar-refractivity contribution in [3.63, 3.8) is 0 Å². The molecule has 1 aromatic carbocycles. The number of halogens is 1. The van der Waals surface area contributed by atoms with E-state index in [-0.39, 0.29) is 5.56 Å². The van der Waals surface area contributed by atoms with E-state index in [9.17, 15) is 4.79 Å². The molecule has 0 aliphatic heterocycles. The number of ether oxygens (including phenoxy) is 1. The molecule has 0 bridgehead atoms. The number of nitrogens with two attached hydrogens (primary N) is 1. The number of anilines is 1. The zero-order chi connectivity index (χ0) is 14.0. The van der Waals surface area contributed by atoms with Crippen LogP contribution in [0.4, 0.5) is 5.69 Å². The lowest BCUT2D eigenvalue weighted by Crippen LogP contribution is -2.24. The van der Waals surface area contributed by atoms with Gasteiger partial charge in [0.15, 0.2) is 0 Å². The molecule has 0 amide bonds. The Morgan fingerprint density at radius 2 is 2.16 bits per heavy atom. The first-order valence-corrected chi connectivity index (χ1v) is 6.74. The van der Waals surface area contributed by atoms with Crippen LogP contribution in [0.25, 0.3) is 0 Å². The standard InChI is InChI=1S/C13H14IN3O2/c1-8-12(14)13(18)17(7-16-8)6-9-3-10(15)5-11(4-9)19-2/h3-5,7H,6,15H2,1-2H3. The third-order valence-corrected chi connectivity index (χ3v) is 3.98. The number of aryl methyl sites for hydroxylation is 1. The zero-order valence-electron chi connectivity index (χ0n) is 10.7. The number of rotatable bonds is 3. The van der Waals surface area contributed by atoms with Crippen molar-refractivity contribution < 1.29 is 4.74 Å². The van der Waals surface area contributed by atoms with E-state index >= 15 is 0 Å². The lowest BCUT2D eigenvalue weighted by atomic mass is 10.2. The quantitative estimate of drug-likeness (QED) is 0.660. The van der Waals surface area contributed by atoms with Gasteiger partial charge in [-0.25, -0.2) is 4.98 Å². The second kappa shape index (κ2) is 5.60. The molecule has 2 rings (SSSR count). The van der Waals surface area contributed by atoms with E-state index in [2.05, 4.69) is 4.98 Å². The van der Waals surface area contributed by atoms with Gasteiger partial charge in [-0.2, -0.15) is 0 Å². The van der Waals surface area contributed by atoms with Gasteiger partial charge < -0.3 is 10.5 Å². The Labute approximate surface area is 124 Å². The van der Waals surface area contributed by atoms with Crippen molar-refractivity contribution in [1.82, 2.24) is 9.55 Å². The SMILES string of the molecule is COc1cc(N)cc(Cn2cnc(C)c(I)c2=O)c1. The maximum absolute atomic E-state index is 12.1. The number of hydrogen-bond donors (Lipinski definition) is 1. The fraction of sp³-hybridized carbons (Fsp3) is 0.231. The highest BCUT2D eigenvalue weighted by Gasteiger charge is 2.07. The Balaban J connectivity index is 2.39. The lowest BCUT2D eigenvalue weighted by Gasteiger charge is -2.09. The molecule has 2 N–H and O–H groups in total. The lowest BCUT2D eigenvalue weighted by molar-refractivity contribution is 0.414. The van der Waals surface area contributed by atoms with Crippen LogP contribution < -0.4 is 16.0 Å². The van der Waals surface area contributed by atoms with Crippen LogP contribution in [0.5, 0.6) is 5.75 Å². The van der Waals surface area contributed by atoms with Crippen LogP contribution in [0.3, 0.4) is 0 Å². The molecule has 0 radical (unpaired) electrons. The monoisotopic (exact) mass is 371 g/mol. The van der Waals surface area contributed by atoms with Crippen LogP contribution in [0, 0.1) is 10.5 Å². The Bertz CT molecular complexity index is 667. The van der Waals surface area contributed by atoms with Crippen molar-refractivity contribution in [2.45, 2.75) is 13.5 Å². The van der Waals surface area contributed by atoms with Gasteiger partial charge in [-0.3, -0.25) is 9.36 Å². The highest BCUT2D eigenvalue weighted by molar-refractivity contribution is 14.1. The maximum atomic E-state index is 12.1. The molecule has 1 aromatic heterocycles. The highest BCUT2D eigenvalue weighted by Crippen LogP contribution is 2.19. The summed E-state index contributed by atoms with van der Waals surface area (Å²) in [4.78, 5) is 16.3. The summed E-state index contributed by atoms with van der Waals surface area (Å²) in [6, 6.07) is 5.42. The first-order chi connectivity index (χ1) is 9.01.